The molecule has 0 aliphatic carbocycles. The fourth-order valence-corrected chi connectivity index (χ4v) is 3.72. The summed E-state index contributed by atoms with van der Waals surface area (Å²) in [6.45, 7) is 4.75. The number of piperazine rings is 1. The third-order valence-electron chi connectivity index (χ3n) is 5.40. The second-order valence-electron chi connectivity index (χ2n) is 7.37. The highest BCUT2D eigenvalue weighted by Crippen LogP contribution is 2.21. The van der Waals surface area contributed by atoms with Gasteiger partial charge in [-0.1, -0.05) is 12.1 Å². The topological polar surface area (TPSA) is 65.1 Å². The number of carbonyl (C=O) groups excluding carboxylic acids is 2. The number of hydrogen-bond acceptors (Lipinski definition) is 4. The Hall–Kier alpha value is -3.13. The predicted octanol–water partition coefficient (Wildman–Crippen LogP) is 2.65. The van der Waals surface area contributed by atoms with E-state index in [9.17, 15) is 14.0 Å². The Morgan fingerprint density at radius 3 is 2.30 bits per heavy atom. The van der Waals surface area contributed by atoms with E-state index in [2.05, 4.69) is 10.2 Å². The molecule has 0 radical (unpaired) electrons. The summed E-state index contributed by atoms with van der Waals surface area (Å²) >= 11 is 0. The van der Waals surface area contributed by atoms with Crippen LogP contribution in [0, 0.1) is 5.82 Å². The van der Waals surface area contributed by atoms with Crippen LogP contribution in [0.2, 0.25) is 0 Å². The van der Waals surface area contributed by atoms with Crippen LogP contribution < -0.4 is 10.2 Å². The zero-order chi connectivity index (χ0) is 20.9. The molecule has 2 aromatic rings. The summed E-state index contributed by atoms with van der Waals surface area (Å²) in [5, 5.41) is 2.95. The summed E-state index contributed by atoms with van der Waals surface area (Å²) in [4.78, 5) is 30.8. The first kappa shape index (κ1) is 20.2. The van der Waals surface area contributed by atoms with Gasteiger partial charge in [0.15, 0.2) is 0 Å². The molecule has 0 atom stereocenters. The molecule has 4 rings (SSSR count). The molecule has 0 unspecified atom stereocenters. The number of nitrogens with zero attached hydrogens (tertiary/aromatic N) is 3. The highest BCUT2D eigenvalue weighted by Gasteiger charge is 2.25. The van der Waals surface area contributed by atoms with Gasteiger partial charge in [-0.2, -0.15) is 0 Å². The minimum Gasteiger partial charge on any atom is -0.378 e. The zero-order valence-electron chi connectivity index (χ0n) is 16.7. The number of rotatable bonds is 3. The van der Waals surface area contributed by atoms with E-state index in [1.54, 1.807) is 15.9 Å². The van der Waals surface area contributed by atoms with Gasteiger partial charge in [-0.3, -0.25) is 4.79 Å². The van der Waals surface area contributed by atoms with Gasteiger partial charge in [0, 0.05) is 56.2 Å². The second kappa shape index (κ2) is 9.13. The second-order valence-corrected chi connectivity index (χ2v) is 7.37. The maximum atomic E-state index is 13.4. The molecule has 0 aromatic heterocycles. The van der Waals surface area contributed by atoms with Crippen molar-refractivity contribution in [2.24, 2.45) is 0 Å². The Bertz CT molecular complexity index is 909. The SMILES string of the molecule is O=C(Nc1cccc(N2CCOCC2)c1)N1CCN(C(=O)c2cccc(F)c2)CC1. The smallest absolute Gasteiger partial charge is 0.321 e. The first-order valence-corrected chi connectivity index (χ1v) is 10.1. The number of carbonyl (C=O) groups is 2. The summed E-state index contributed by atoms with van der Waals surface area (Å²) in [5.74, 6) is -0.647. The normalized spacial score (nSPS) is 17.0. The minimum absolute atomic E-state index is 0.188. The van der Waals surface area contributed by atoms with Crippen LogP contribution in [0.4, 0.5) is 20.6 Å². The van der Waals surface area contributed by atoms with Crippen molar-refractivity contribution in [3.63, 3.8) is 0 Å². The molecule has 1 N–H and O–H groups in total. The maximum Gasteiger partial charge on any atom is 0.321 e. The van der Waals surface area contributed by atoms with Crippen molar-refractivity contribution in [3.8, 4) is 0 Å². The first-order chi connectivity index (χ1) is 14.6. The summed E-state index contributed by atoms with van der Waals surface area (Å²) in [5.41, 5.74) is 2.12. The monoisotopic (exact) mass is 412 g/mol. The number of nitrogens with one attached hydrogen (secondary N) is 1. The van der Waals surface area contributed by atoms with Crippen molar-refractivity contribution in [1.29, 1.82) is 0 Å². The van der Waals surface area contributed by atoms with Crippen molar-refractivity contribution >= 4 is 23.3 Å². The van der Waals surface area contributed by atoms with Gasteiger partial charge in [0.05, 0.1) is 13.2 Å². The molecule has 3 amide bonds. The van der Waals surface area contributed by atoms with Crippen molar-refractivity contribution < 1.29 is 18.7 Å². The molecule has 0 bridgehead atoms. The molecule has 2 saturated heterocycles. The Balaban J connectivity index is 1.32. The minimum atomic E-state index is -0.432. The van der Waals surface area contributed by atoms with E-state index in [1.807, 2.05) is 24.3 Å². The summed E-state index contributed by atoms with van der Waals surface area (Å²) in [7, 11) is 0. The van der Waals surface area contributed by atoms with Crippen LogP contribution in [0.15, 0.2) is 48.5 Å². The van der Waals surface area contributed by atoms with Gasteiger partial charge < -0.3 is 24.8 Å². The van der Waals surface area contributed by atoms with Crippen LogP contribution in [0.5, 0.6) is 0 Å². The molecule has 8 heteroatoms. The third-order valence-corrected chi connectivity index (χ3v) is 5.40. The lowest BCUT2D eigenvalue weighted by atomic mass is 10.2. The van der Waals surface area contributed by atoms with Gasteiger partial charge in [0.25, 0.3) is 5.91 Å². The maximum absolute atomic E-state index is 13.4. The van der Waals surface area contributed by atoms with Gasteiger partial charge in [-0.05, 0) is 36.4 Å². The van der Waals surface area contributed by atoms with Crippen LogP contribution >= 0.6 is 0 Å². The summed E-state index contributed by atoms with van der Waals surface area (Å²) in [6.07, 6.45) is 0. The molecular formula is C22H25FN4O3. The van der Waals surface area contributed by atoms with Gasteiger partial charge in [-0.25, -0.2) is 9.18 Å². The largest absolute Gasteiger partial charge is 0.378 e. The van der Waals surface area contributed by atoms with Gasteiger partial charge in [0.1, 0.15) is 5.82 Å². The number of urea groups is 1. The fourth-order valence-electron chi connectivity index (χ4n) is 3.72. The van der Waals surface area contributed by atoms with Crippen molar-refractivity contribution in [3.05, 3.63) is 59.9 Å². The van der Waals surface area contributed by atoms with Crippen molar-refractivity contribution in [2.75, 3.05) is 62.7 Å². The molecule has 2 fully saturated rings. The number of halogens is 1. The molecule has 2 aliphatic heterocycles. The molecule has 0 spiro atoms. The lowest BCUT2D eigenvalue weighted by Crippen LogP contribution is -2.51. The molecule has 0 saturated carbocycles. The number of ether oxygens (including phenoxy) is 1. The number of amides is 3. The van der Waals surface area contributed by atoms with Crippen LogP contribution in [-0.4, -0.2) is 74.2 Å². The zero-order valence-corrected chi connectivity index (χ0v) is 16.7. The van der Waals surface area contributed by atoms with Gasteiger partial charge >= 0.3 is 6.03 Å². The lowest BCUT2D eigenvalue weighted by molar-refractivity contribution is 0.0671. The van der Waals surface area contributed by atoms with Crippen LogP contribution in [0.3, 0.4) is 0 Å². The lowest BCUT2D eigenvalue weighted by Gasteiger charge is -2.35. The average molecular weight is 412 g/mol. The molecule has 2 aromatic carbocycles. The van der Waals surface area contributed by atoms with Crippen LogP contribution in [-0.2, 0) is 4.74 Å². The van der Waals surface area contributed by atoms with Crippen molar-refractivity contribution in [2.45, 2.75) is 0 Å². The highest BCUT2D eigenvalue weighted by atomic mass is 19.1. The first-order valence-electron chi connectivity index (χ1n) is 10.1. The number of anilines is 2. The van der Waals surface area contributed by atoms with Crippen LogP contribution in [0.1, 0.15) is 10.4 Å². The standard InChI is InChI=1S/C22H25FN4O3/c23-18-4-1-3-17(15-18)21(28)26-7-9-27(10-8-26)22(29)24-19-5-2-6-20(16-19)25-11-13-30-14-12-25/h1-6,15-16H,7-14H2,(H,24,29). The van der Waals surface area contributed by atoms with Crippen LogP contribution in [0.25, 0.3) is 0 Å². The highest BCUT2D eigenvalue weighted by molar-refractivity contribution is 5.94. The molecule has 158 valence electrons. The Kier molecular flexibility index (Phi) is 6.13. The Labute approximate surface area is 175 Å². The predicted molar refractivity (Wildman–Crippen MR) is 112 cm³/mol. The van der Waals surface area contributed by atoms with E-state index in [1.165, 1.54) is 18.2 Å². The number of hydrogen-bond donors (Lipinski definition) is 1. The van der Waals surface area contributed by atoms with Gasteiger partial charge in [-0.15, -0.1) is 0 Å². The molecular weight excluding hydrogens is 387 g/mol. The number of morpholine rings is 1. The van der Waals surface area contributed by atoms with E-state index < -0.39 is 5.82 Å². The van der Waals surface area contributed by atoms with Gasteiger partial charge in [0.2, 0.25) is 0 Å². The molecule has 7 nitrogen and oxygen atoms in total. The van der Waals surface area contributed by atoms with E-state index in [4.69, 9.17) is 4.74 Å². The Morgan fingerprint density at radius 2 is 1.57 bits per heavy atom. The van der Waals surface area contributed by atoms with E-state index in [0.717, 1.165) is 24.5 Å². The molecule has 2 heterocycles. The van der Waals surface area contributed by atoms with E-state index >= 15 is 0 Å². The molecule has 2 aliphatic rings. The van der Waals surface area contributed by atoms with E-state index in [-0.39, 0.29) is 11.9 Å². The van der Waals surface area contributed by atoms with Crippen molar-refractivity contribution in [1.82, 2.24) is 9.80 Å². The summed E-state index contributed by atoms with van der Waals surface area (Å²) < 4.78 is 18.8. The Morgan fingerprint density at radius 1 is 0.867 bits per heavy atom. The average Bonchev–Trinajstić information content (AvgIpc) is 2.79. The fraction of sp³-hybridized carbons (Fsp3) is 0.364. The third kappa shape index (κ3) is 4.71. The quantitative estimate of drug-likeness (QED) is 0.842. The summed E-state index contributed by atoms with van der Waals surface area (Å²) in [6, 6.07) is 13.3. The van der Waals surface area contributed by atoms with E-state index in [0.29, 0.717) is 45.0 Å². The number of benzene rings is 2. The molecule has 30 heavy (non-hydrogen) atoms.